The first kappa shape index (κ1) is 20.4. The number of hydrogen-bond acceptors (Lipinski definition) is 6. The molecule has 1 aromatic carbocycles. The molecule has 0 spiro atoms. The number of methoxy groups -OCH3 is 2. The number of likely N-dealkylation sites (N-methyl/N-ethyl adjacent to an activating group) is 1. The number of hydrogen-bond donors (Lipinski definition) is 1. The third-order valence-corrected chi connectivity index (χ3v) is 5.53. The fraction of sp³-hybridized carbons (Fsp3) is 0.353. The van der Waals surface area contributed by atoms with Gasteiger partial charge in [0.25, 0.3) is 0 Å². The Labute approximate surface area is 158 Å². The molecule has 0 radical (unpaired) electrons. The van der Waals surface area contributed by atoms with E-state index in [2.05, 4.69) is 9.71 Å². The van der Waals surface area contributed by atoms with Gasteiger partial charge in [0.05, 0.1) is 14.2 Å². The lowest BCUT2D eigenvalue weighted by atomic mass is 10.1. The van der Waals surface area contributed by atoms with Gasteiger partial charge < -0.3 is 14.4 Å². The van der Waals surface area contributed by atoms with Crippen molar-refractivity contribution in [1.82, 2.24) is 14.6 Å². The molecule has 7 nitrogen and oxygen atoms in total. The molecule has 2 aromatic rings. The highest BCUT2D eigenvalue weighted by Gasteiger charge is 2.21. The molecule has 0 saturated carbocycles. The first-order valence-corrected chi connectivity index (χ1v) is 9.64. The second kappa shape index (κ2) is 8.68. The topological polar surface area (TPSA) is 80.8 Å². The molecule has 9 heteroatoms. The zero-order valence-corrected chi connectivity index (χ0v) is 16.6. The van der Waals surface area contributed by atoms with Gasteiger partial charge in [-0.25, -0.2) is 18.1 Å². The van der Waals surface area contributed by atoms with Gasteiger partial charge in [-0.15, -0.1) is 0 Å². The molecular weight excluding hydrogens is 378 g/mol. The van der Waals surface area contributed by atoms with Crippen molar-refractivity contribution in [1.29, 1.82) is 0 Å². The zero-order valence-electron chi connectivity index (χ0n) is 15.1. The molecule has 0 aliphatic carbocycles. The van der Waals surface area contributed by atoms with E-state index in [-0.39, 0.29) is 22.6 Å². The van der Waals surface area contributed by atoms with Gasteiger partial charge in [-0.3, -0.25) is 0 Å². The molecular formula is C17H22ClN3O4S. The van der Waals surface area contributed by atoms with Crippen molar-refractivity contribution in [2.75, 3.05) is 34.9 Å². The van der Waals surface area contributed by atoms with Gasteiger partial charge in [-0.1, -0.05) is 17.7 Å². The molecule has 1 aromatic heterocycles. The number of halogens is 1. The first-order valence-electron chi connectivity index (χ1n) is 7.78. The third kappa shape index (κ3) is 4.85. The number of nitrogens with zero attached hydrogens (tertiary/aromatic N) is 2. The van der Waals surface area contributed by atoms with Crippen LogP contribution in [0.1, 0.15) is 11.6 Å². The molecule has 0 fully saturated rings. The van der Waals surface area contributed by atoms with Gasteiger partial charge in [-0.05, 0) is 43.9 Å². The summed E-state index contributed by atoms with van der Waals surface area (Å²) in [5.41, 5.74) is 0.893. The van der Waals surface area contributed by atoms with Crippen LogP contribution in [0, 0.1) is 0 Å². The molecule has 0 saturated heterocycles. The summed E-state index contributed by atoms with van der Waals surface area (Å²) in [6.45, 7) is 0.174. The lowest BCUT2D eigenvalue weighted by Crippen LogP contribution is -2.34. The maximum absolute atomic E-state index is 12.5. The van der Waals surface area contributed by atoms with Gasteiger partial charge in [-0.2, -0.15) is 0 Å². The van der Waals surface area contributed by atoms with E-state index in [1.165, 1.54) is 18.3 Å². The van der Waals surface area contributed by atoms with Crippen molar-refractivity contribution in [2.45, 2.75) is 10.9 Å². The predicted molar refractivity (Wildman–Crippen MR) is 100 cm³/mol. The van der Waals surface area contributed by atoms with E-state index in [9.17, 15) is 8.42 Å². The molecule has 1 atom stereocenters. The number of pyridine rings is 1. The highest BCUT2D eigenvalue weighted by atomic mass is 35.5. The minimum atomic E-state index is -3.70. The van der Waals surface area contributed by atoms with Crippen LogP contribution in [0.4, 0.5) is 0 Å². The molecule has 2 rings (SSSR count). The van der Waals surface area contributed by atoms with E-state index >= 15 is 0 Å². The monoisotopic (exact) mass is 399 g/mol. The Morgan fingerprint density at radius 1 is 1.15 bits per heavy atom. The number of nitrogens with one attached hydrogen (secondary N) is 1. The van der Waals surface area contributed by atoms with E-state index in [0.717, 1.165) is 5.56 Å². The summed E-state index contributed by atoms with van der Waals surface area (Å²) in [5.74, 6) is 1.20. The van der Waals surface area contributed by atoms with Crippen molar-refractivity contribution < 1.29 is 17.9 Å². The molecule has 1 N–H and O–H groups in total. The number of sulfonamides is 1. The van der Waals surface area contributed by atoms with Gasteiger partial charge in [0.15, 0.2) is 11.5 Å². The van der Waals surface area contributed by atoms with Crippen LogP contribution in [0.15, 0.2) is 41.4 Å². The lowest BCUT2D eigenvalue weighted by Gasteiger charge is -2.25. The predicted octanol–water partition coefficient (Wildman–Crippen LogP) is 2.33. The highest BCUT2D eigenvalue weighted by molar-refractivity contribution is 7.89. The molecule has 0 bridgehead atoms. The third-order valence-electron chi connectivity index (χ3n) is 3.89. The minimum absolute atomic E-state index is 0.0618. The average molecular weight is 400 g/mol. The van der Waals surface area contributed by atoms with Gasteiger partial charge in [0.1, 0.15) is 10.0 Å². The van der Waals surface area contributed by atoms with Crippen LogP contribution in [0.5, 0.6) is 11.5 Å². The van der Waals surface area contributed by atoms with Crippen LogP contribution >= 0.6 is 11.6 Å². The molecule has 1 unspecified atom stereocenters. The average Bonchev–Trinajstić information content (AvgIpc) is 2.61. The van der Waals surface area contributed by atoms with Crippen LogP contribution in [0.25, 0.3) is 0 Å². The lowest BCUT2D eigenvalue weighted by molar-refractivity contribution is 0.297. The number of aromatic nitrogens is 1. The maximum atomic E-state index is 12.5. The van der Waals surface area contributed by atoms with E-state index in [1.54, 1.807) is 20.3 Å². The summed E-state index contributed by atoms with van der Waals surface area (Å²) in [5, 5.41) is 0.237. The standard InChI is InChI=1S/C17H22ClN3O4S/c1-21(2)14(12-5-7-15(24-3)16(9-12)25-4)11-20-26(22,23)13-6-8-17(18)19-10-13/h5-10,14,20H,11H2,1-4H3. The van der Waals surface area contributed by atoms with Crippen LogP contribution in [0.2, 0.25) is 5.15 Å². The fourth-order valence-electron chi connectivity index (χ4n) is 2.45. The second-order valence-electron chi connectivity index (χ2n) is 5.76. The molecule has 26 heavy (non-hydrogen) atoms. The first-order chi connectivity index (χ1) is 12.3. The van der Waals surface area contributed by atoms with Crippen LogP contribution in [-0.2, 0) is 10.0 Å². The summed E-state index contributed by atoms with van der Waals surface area (Å²) in [4.78, 5) is 5.80. The zero-order chi connectivity index (χ0) is 19.3. The van der Waals surface area contributed by atoms with E-state index in [4.69, 9.17) is 21.1 Å². The van der Waals surface area contributed by atoms with Gasteiger partial charge in [0.2, 0.25) is 10.0 Å². The summed E-state index contributed by atoms with van der Waals surface area (Å²) >= 11 is 5.71. The molecule has 0 amide bonds. The molecule has 142 valence electrons. The van der Waals surface area contributed by atoms with E-state index in [0.29, 0.717) is 11.5 Å². The molecule has 0 aliphatic heterocycles. The van der Waals surface area contributed by atoms with Crippen molar-refractivity contribution in [3.63, 3.8) is 0 Å². The van der Waals surface area contributed by atoms with Crippen LogP contribution in [0.3, 0.4) is 0 Å². The SMILES string of the molecule is COc1ccc(C(CNS(=O)(=O)c2ccc(Cl)nc2)N(C)C)cc1OC. The number of benzene rings is 1. The largest absolute Gasteiger partial charge is 0.493 e. The Balaban J connectivity index is 2.22. The molecule has 1 heterocycles. The van der Waals surface area contributed by atoms with Crippen molar-refractivity contribution in [3.05, 3.63) is 47.2 Å². The van der Waals surface area contributed by atoms with Crippen molar-refractivity contribution >= 4 is 21.6 Å². The Bertz CT molecular complexity index is 842. The fourth-order valence-corrected chi connectivity index (χ4v) is 3.55. The van der Waals surface area contributed by atoms with Gasteiger partial charge >= 0.3 is 0 Å². The van der Waals surface area contributed by atoms with E-state index in [1.807, 2.05) is 31.1 Å². The highest BCUT2D eigenvalue weighted by Crippen LogP contribution is 2.31. The van der Waals surface area contributed by atoms with Crippen molar-refractivity contribution in [3.8, 4) is 11.5 Å². The van der Waals surface area contributed by atoms with E-state index < -0.39 is 10.0 Å². The Hall–Kier alpha value is -1.87. The summed E-state index contributed by atoms with van der Waals surface area (Å²) < 4.78 is 38.1. The summed E-state index contributed by atoms with van der Waals surface area (Å²) in [6, 6.07) is 8.16. The molecule has 0 aliphatic rings. The minimum Gasteiger partial charge on any atom is -0.493 e. The smallest absolute Gasteiger partial charge is 0.242 e. The Morgan fingerprint density at radius 2 is 1.85 bits per heavy atom. The quantitative estimate of drug-likeness (QED) is 0.686. The van der Waals surface area contributed by atoms with Gasteiger partial charge in [0, 0.05) is 18.8 Å². The number of ether oxygens (including phenoxy) is 2. The van der Waals surface area contributed by atoms with Crippen LogP contribution < -0.4 is 14.2 Å². The van der Waals surface area contributed by atoms with Crippen LogP contribution in [-0.4, -0.2) is 53.2 Å². The Kier molecular flexibility index (Phi) is 6.82. The number of rotatable bonds is 8. The Morgan fingerprint density at radius 3 is 2.38 bits per heavy atom. The normalized spacial score (nSPS) is 12.8. The maximum Gasteiger partial charge on any atom is 0.242 e. The van der Waals surface area contributed by atoms with Crippen molar-refractivity contribution in [2.24, 2.45) is 0 Å². The summed E-state index contributed by atoms with van der Waals surface area (Å²) in [7, 11) is 3.18. The summed E-state index contributed by atoms with van der Waals surface area (Å²) in [6.07, 6.45) is 1.23. The second-order valence-corrected chi connectivity index (χ2v) is 7.92.